The average Bonchev–Trinajstić information content (AvgIpc) is 3.10. The van der Waals surface area contributed by atoms with Crippen LogP contribution in [0.25, 0.3) is 0 Å². The van der Waals surface area contributed by atoms with E-state index in [0.29, 0.717) is 10.9 Å². The maximum Gasteiger partial charge on any atom is 0.345 e. The smallest absolute Gasteiger partial charge is 0.345 e. The molecule has 29 heavy (non-hydrogen) atoms. The van der Waals surface area contributed by atoms with Crippen molar-refractivity contribution in [2.24, 2.45) is 0 Å². The highest BCUT2D eigenvalue weighted by Gasteiger charge is 2.26. The van der Waals surface area contributed by atoms with Crippen molar-refractivity contribution in [2.75, 3.05) is 27.4 Å². The van der Waals surface area contributed by atoms with Crippen molar-refractivity contribution < 1.29 is 28.7 Å². The molecular formula is C18H19ClN2O7S. The van der Waals surface area contributed by atoms with Gasteiger partial charge in [0.15, 0.2) is 18.1 Å². The van der Waals surface area contributed by atoms with Crippen molar-refractivity contribution in [3.63, 3.8) is 0 Å². The molecule has 2 rings (SSSR count). The van der Waals surface area contributed by atoms with Gasteiger partial charge in [-0.25, -0.2) is 4.79 Å². The zero-order valence-corrected chi connectivity index (χ0v) is 17.5. The Labute approximate surface area is 175 Å². The monoisotopic (exact) mass is 442 g/mol. The molecular weight excluding hydrogens is 424 g/mol. The molecule has 0 aliphatic heterocycles. The topological polar surface area (TPSA) is 108 Å². The van der Waals surface area contributed by atoms with Crippen LogP contribution < -0.4 is 9.47 Å². The summed E-state index contributed by atoms with van der Waals surface area (Å²) in [5.41, 5.74) is -0.843. The molecule has 0 radical (unpaired) electrons. The number of esters is 1. The first-order chi connectivity index (χ1) is 13.8. The lowest BCUT2D eigenvalue weighted by Crippen LogP contribution is -2.30. The molecule has 0 unspecified atom stereocenters. The van der Waals surface area contributed by atoms with Gasteiger partial charge in [0.2, 0.25) is 0 Å². The largest absolute Gasteiger partial charge is 0.493 e. The molecule has 1 heterocycles. The number of hydrogen-bond donors (Lipinski definition) is 0. The first-order valence-electron chi connectivity index (χ1n) is 8.41. The number of hydrogen-bond acceptors (Lipinski definition) is 8. The highest BCUT2D eigenvalue weighted by atomic mass is 35.5. The van der Waals surface area contributed by atoms with E-state index in [-0.39, 0.29) is 23.7 Å². The Balaban J connectivity index is 2.10. The number of carbonyl (C=O) groups is 2. The predicted octanol–water partition coefficient (Wildman–Crippen LogP) is 3.53. The van der Waals surface area contributed by atoms with E-state index in [4.69, 9.17) is 25.8 Å². The number of nitrogens with zero attached hydrogens (tertiary/aromatic N) is 2. The Bertz CT molecular complexity index is 916. The molecule has 2 aromatic rings. The van der Waals surface area contributed by atoms with Crippen LogP contribution in [0.2, 0.25) is 4.34 Å². The summed E-state index contributed by atoms with van der Waals surface area (Å²) >= 11 is 7.19. The molecule has 0 atom stereocenters. The van der Waals surface area contributed by atoms with Gasteiger partial charge in [0, 0.05) is 18.0 Å². The number of thiophene rings is 1. The lowest BCUT2D eigenvalue weighted by molar-refractivity contribution is -0.385. The van der Waals surface area contributed by atoms with Crippen LogP contribution in [-0.4, -0.2) is 49.1 Å². The van der Waals surface area contributed by atoms with Crippen molar-refractivity contribution >= 4 is 40.5 Å². The van der Waals surface area contributed by atoms with Crippen LogP contribution in [0.4, 0.5) is 5.69 Å². The molecule has 0 bridgehead atoms. The predicted molar refractivity (Wildman–Crippen MR) is 107 cm³/mol. The Kier molecular flexibility index (Phi) is 7.80. The third-order valence-electron chi connectivity index (χ3n) is 3.77. The maximum absolute atomic E-state index is 12.4. The van der Waals surface area contributed by atoms with Gasteiger partial charge in [-0.05, 0) is 19.1 Å². The number of ether oxygens (including phenoxy) is 3. The van der Waals surface area contributed by atoms with Crippen LogP contribution >= 0.6 is 22.9 Å². The van der Waals surface area contributed by atoms with E-state index in [1.54, 1.807) is 26.1 Å². The van der Waals surface area contributed by atoms with Crippen LogP contribution in [0.3, 0.4) is 0 Å². The van der Waals surface area contributed by atoms with Crippen molar-refractivity contribution in [3.05, 3.63) is 49.2 Å². The molecule has 1 amide bonds. The van der Waals surface area contributed by atoms with Gasteiger partial charge < -0.3 is 19.1 Å². The molecule has 1 aromatic carbocycles. The van der Waals surface area contributed by atoms with E-state index in [0.717, 1.165) is 17.0 Å². The van der Waals surface area contributed by atoms with E-state index in [2.05, 4.69) is 0 Å². The van der Waals surface area contributed by atoms with Gasteiger partial charge >= 0.3 is 5.97 Å². The molecule has 9 nitrogen and oxygen atoms in total. The summed E-state index contributed by atoms with van der Waals surface area (Å²) < 4.78 is 16.0. The molecule has 0 aliphatic carbocycles. The second-order valence-corrected chi connectivity index (χ2v) is 7.54. The minimum absolute atomic E-state index is 0.128. The second kappa shape index (κ2) is 10.1. The van der Waals surface area contributed by atoms with Crippen LogP contribution in [-0.2, 0) is 16.1 Å². The summed E-state index contributed by atoms with van der Waals surface area (Å²) in [7, 11) is 2.89. The summed E-state index contributed by atoms with van der Waals surface area (Å²) in [5.74, 6) is -1.21. The van der Waals surface area contributed by atoms with Crippen LogP contribution in [0, 0.1) is 10.1 Å². The number of methoxy groups -OCH3 is 1. The van der Waals surface area contributed by atoms with E-state index >= 15 is 0 Å². The summed E-state index contributed by atoms with van der Waals surface area (Å²) in [4.78, 5) is 37.4. The standard InChI is InChI=1S/C18H19ClN2O7S/c1-4-27-15-8-13(21(24)25)12(7-14(15)26-3)18(23)28-10-17(22)20(2)9-11-5-6-16(19)29-11/h5-8H,4,9-10H2,1-3H3. The fourth-order valence-corrected chi connectivity index (χ4v) is 3.51. The van der Waals surface area contributed by atoms with Gasteiger partial charge in [0.1, 0.15) is 5.56 Å². The highest BCUT2D eigenvalue weighted by molar-refractivity contribution is 7.16. The molecule has 0 spiro atoms. The quantitative estimate of drug-likeness (QED) is 0.332. The van der Waals surface area contributed by atoms with Gasteiger partial charge in [0.25, 0.3) is 11.6 Å². The number of rotatable bonds is 9. The average molecular weight is 443 g/mol. The van der Waals surface area contributed by atoms with Crippen LogP contribution in [0.5, 0.6) is 11.5 Å². The molecule has 0 aliphatic rings. The SMILES string of the molecule is CCOc1cc([N+](=O)[O-])c(C(=O)OCC(=O)N(C)Cc2ccc(Cl)s2)cc1OC. The molecule has 0 saturated carbocycles. The van der Waals surface area contributed by atoms with E-state index in [1.807, 2.05) is 0 Å². The molecule has 0 saturated heterocycles. The van der Waals surface area contributed by atoms with E-state index in [9.17, 15) is 19.7 Å². The summed E-state index contributed by atoms with van der Waals surface area (Å²) in [6.45, 7) is 1.69. The number of nitro benzene ring substituents is 1. The zero-order chi connectivity index (χ0) is 21.6. The minimum atomic E-state index is -1.01. The van der Waals surface area contributed by atoms with Crippen molar-refractivity contribution in [1.29, 1.82) is 0 Å². The van der Waals surface area contributed by atoms with Gasteiger partial charge in [0.05, 0.1) is 35.6 Å². The third-order valence-corrected chi connectivity index (χ3v) is 4.99. The zero-order valence-electron chi connectivity index (χ0n) is 16.0. The van der Waals surface area contributed by atoms with Crippen molar-refractivity contribution in [3.8, 4) is 11.5 Å². The number of amides is 1. The molecule has 156 valence electrons. The Morgan fingerprint density at radius 1 is 1.28 bits per heavy atom. The Morgan fingerprint density at radius 3 is 2.55 bits per heavy atom. The molecule has 11 heteroatoms. The molecule has 1 aromatic heterocycles. The summed E-state index contributed by atoms with van der Waals surface area (Å²) in [6, 6.07) is 5.76. The van der Waals surface area contributed by atoms with Crippen LogP contribution in [0.1, 0.15) is 22.2 Å². The van der Waals surface area contributed by atoms with E-state index in [1.165, 1.54) is 23.3 Å². The lowest BCUT2D eigenvalue weighted by atomic mass is 10.1. The first-order valence-corrected chi connectivity index (χ1v) is 9.60. The van der Waals surface area contributed by atoms with Gasteiger partial charge in [-0.2, -0.15) is 0 Å². The molecule has 0 N–H and O–H groups in total. The van der Waals surface area contributed by atoms with Crippen LogP contribution in [0.15, 0.2) is 24.3 Å². The summed E-state index contributed by atoms with van der Waals surface area (Å²) in [6.07, 6.45) is 0. The third kappa shape index (κ3) is 5.81. The van der Waals surface area contributed by atoms with Gasteiger partial charge in [-0.1, -0.05) is 11.6 Å². The number of benzene rings is 1. The normalized spacial score (nSPS) is 10.3. The lowest BCUT2D eigenvalue weighted by Gasteiger charge is -2.16. The van der Waals surface area contributed by atoms with E-state index < -0.39 is 29.1 Å². The minimum Gasteiger partial charge on any atom is -0.493 e. The number of nitro groups is 1. The maximum atomic E-state index is 12.4. The van der Waals surface area contributed by atoms with Crippen molar-refractivity contribution in [1.82, 2.24) is 4.90 Å². The second-order valence-electron chi connectivity index (χ2n) is 5.74. The number of halogens is 1. The van der Waals surface area contributed by atoms with Gasteiger partial charge in [-0.3, -0.25) is 14.9 Å². The molecule has 0 fully saturated rings. The van der Waals surface area contributed by atoms with Gasteiger partial charge in [-0.15, -0.1) is 11.3 Å². The fourth-order valence-electron chi connectivity index (χ4n) is 2.37. The van der Waals surface area contributed by atoms with Crippen molar-refractivity contribution in [2.45, 2.75) is 13.5 Å². The number of likely N-dealkylation sites (N-methyl/N-ethyl adjacent to an activating group) is 1. The Hall–Kier alpha value is -2.85. The Morgan fingerprint density at radius 2 is 2.00 bits per heavy atom. The summed E-state index contributed by atoms with van der Waals surface area (Å²) in [5, 5.41) is 11.4. The fraction of sp³-hybridized carbons (Fsp3) is 0.333. The number of carbonyl (C=O) groups excluding carboxylic acids is 2. The highest BCUT2D eigenvalue weighted by Crippen LogP contribution is 2.35. The first kappa shape index (κ1) is 22.4.